The Kier molecular flexibility index (Phi) is 4.49. The molecule has 3 aliphatic rings. The van der Waals surface area contributed by atoms with E-state index < -0.39 is 0 Å². The number of hydrogen-bond donors (Lipinski definition) is 2. The van der Waals surface area contributed by atoms with Gasteiger partial charge in [-0.05, 0) is 37.7 Å². The van der Waals surface area contributed by atoms with Crippen molar-refractivity contribution in [3.05, 3.63) is 35.9 Å². The Morgan fingerprint density at radius 1 is 1.21 bits per heavy atom. The van der Waals surface area contributed by atoms with Gasteiger partial charge in [-0.25, -0.2) is 0 Å². The first-order valence-electron chi connectivity index (χ1n) is 9.47. The highest BCUT2D eigenvalue weighted by atomic mass is 16.5. The molecule has 2 aliphatic heterocycles. The third kappa shape index (κ3) is 3.04. The lowest BCUT2D eigenvalue weighted by atomic mass is 9.79. The minimum Gasteiger partial charge on any atom is -0.373 e. The van der Waals surface area contributed by atoms with Crippen molar-refractivity contribution in [2.45, 2.75) is 68.6 Å². The fraction of sp³-hybridized carbons (Fsp3) is 0.650. The summed E-state index contributed by atoms with van der Waals surface area (Å²) in [4.78, 5) is 4.46. The molecule has 1 aliphatic carbocycles. The maximum atomic E-state index is 5.95. The summed E-state index contributed by atoms with van der Waals surface area (Å²) in [5, 5.41) is 7.22. The Balaban J connectivity index is 1.40. The van der Waals surface area contributed by atoms with E-state index in [2.05, 4.69) is 46.0 Å². The molecule has 0 radical (unpaired) electrons. The van der Waals surface area contributed by atoms with E-state index in [1.54, 1.807) is 0 Å². The zero-order chi connectivity index (χ0) is 16.4. The molecule has 3 atom stereocenters. The van der Waals surface area contributed by atoms with Crippen LogP contribution in [0.3, 0.4) is 0 Å². The Labute approximate surface area is 145 Å². The molecule has 3 fully saturated rings. The number of aliphatic imine (C=N–C) groups is 1. The van der Waals surface area contributed by atoms with Gasteiger partial charge < -0.3 is 15.4 Å². The molecule has 0 aromatic heterocycles. The van der Waals surface area contributed by atoms with Crippen molar-refractivity contribution in [1.29, 1.82) is 0 Å². The van der Waals surface area contributed by atoms with Gasteiger partial charge in [0.25, 0.3) is 0 Å². The van der Waals surface area contributed by atoms with E-state index in [1.807, 2.05) is 7.05 Å². The molecule has 24 heavy (non-hydrogen) atoms. The van der Waals surface area contributed by atoms with Crippen LogP contribution >= 0.6 is 0 Å². The monoisotopic (exact) mass is 327 g/mol. The van der Waals surface area contributed by atoms with Crippen LogP contribution < -0.4 is 10.6 Å². The number of ether oxygens (including phenoxy) is 1. The fourth-order valence-electron chi connectivity index (χ4n) is 4.82. The van der Waals surface area contributed by atoms with Crippen molar-refractivity contribution in [3.63, 3.8) is 0 Å². The smallest absolute Gasteiger partial charge is 0.191 e. The molecule has 3 unspecified atom stereocenters. The molecule has 2 bridgehead atoms. The van der Waals surface area contributed by atoms with Crippen molar-refractivity contribution in [2.75, 3.05) is 13.6 Å². The maximum absolute atomic E-state index is 5.95. The summed E-state index contributed by atoms with van der Waals surface area (Å²) in [6, 6.07) is 11.4. The molecule has 2 heterocycles. The van der Waals surface area contributed by atoms with Crippen LogP contribution in [0.4, 0.5) is 0 Å². The van der Waals surface area contributed by atoms with Crippen molar-refractivity contribution in [1.82, 2.24) is 10.6 Å². The average molecular weight is 327 g/mol. The molecular formula is C20H29N3O. The van der Waals surface area contributed by atoms with Gasteiger partial charge in [-0.1, -0.05) is 43.2 Å². The first-order valence-corrected chi connectivity index (χ1v) is 9.47. The second-order valence-corrected chi connectivity index (χ2v) is 7.64. The highest BCUT2D eigenvalue weighted by Gasteiger charge is 2.41. The van der Waals surface area contributed by atoms with Crippen LogP contribution in [-0.2, 0) is 10.2 Å². The third-order valence-corrected chi connectivity index (χ3v) is 6.19. The molecule has 1 aromatic rings. The number of nitrogens with zero attached hydrogens (tertiary/aromatic N) is 1. The average Bonchev–Trinajstić information content (AvgIpc) is 3.36. The van der Waals surface area contributed by atoms with Crippen molar-refractivity contribution in [2.24, 2.45) is 4.99 Å². The lowest BCUT2D eigenvalue weighted by Gasteiger charge is -2.31. The summed E-state index contributed by atoms with van der Waals surface area (Å²) in [7, 11) is 1.87. The van der Waals surface area contributed by atoms with Gasteiger partial charge in [0, 0.05) is 19.0 Å². The Morgan fingerprint density at radius 2 is 2.00 bits per heavy atom. The molecule has 0 amide bonds. The van der Waals surface area contributed by atoms with E-state index in [1.165, 1.54) is 44.1 Å². The number of rotatable bonds is 4. The van der Waals surface area contributed by atoms with Crippen LogP contribution in [0.1, 0.15) is 50.5 Å². The van der Waals surface area contributed by atoms with E-state index in [-0.39, 0.29) is 5.41 Å². The van der Waals surface area contributed by atoms with Gasteiger partial charge >= 0.3 is 0 Å². The van der Waals surface area contributed by atoms with Gasteiger partial charge in [0.2, 0.25) is 0 Å². The molecule has 4 heteroatoms. The van der Waals surface area contributed by atoms with Crippen LogP contribution in [0.2, 0.25) is 0 Å². The van der Waals surface area contributed by atoms with Gasteiger partial charge in [-0.2, -0.15) is 0 Å². The number of benzene rings is 1. The lowest BCUT2D eigenvalue weighted by Crippen LogP contribution is -2.50. The molecule has 2 N–H and O–H groups in total. The molecule has 130 valence electrons. The molecule has 1 saturated carbocycles. The van der Waals surface area contributed by atoms with Crippen LogP contribution in [0, 0.1) is 0 Å². The number of nitrogens with one attached hydrogen (secondary N) is 2. The zero-order valence-corrected chi connectivity index (χ0v) is 14.6. The van der Waals surface area contributed by atoms with Gasteiger partial charge in [-0.3, -0.25) is 4.99 Å². The number of fused-ring (bicyclic) bond motifs is 2. The lowest BCUT2D eigenvalue weighted by molar-refractivity contribution is 0.0992. The van der Waals surface area contributed by atoms with E-state index in [4.69, 9.17) is 4.74 Å². The Morgan fingerprint density at radius 3 is 2.62 bits per heavy atom. The minimum absolute atomic E-state index is 0.254. The second kappa shape index (κ2) is 6.75. The standard InChI is InChI=1S/C20H29N3O/c1-21-19(23-17-13-16-9-10-18(17)24-16)22-14-20(11-5-6-12-20)15-7-3-2-4-8-15/h2-4,7-8,16-18H,5-6,9-14H2,1H3,(H2,21,22,23). The van der Waals surface area contributed by atoms with Crippen LogP contribution in [0.25, 0.3) is 0 Å². The van der Waals surface area contributed by atoms with E-state index in [9.17, 15) is 0 Å². The molecule has 4 rings (SSSR count). The molecule has 4 nitrogen and oxygen atoms in total. The summed E-state index contributed by atoms with van der Waals surface area (Å²) in [5.74, 6) is 0.929. The molecule has 2 saturated heterocycles. The molecular weight excluding hydrogens is 298 g/mol. The van der Waals surface area contributed by atoms with Crippen LogP contribution in [0.5, 0.6) is 0 Å². The van der Waals surface area contributed by atoms with E-state index in [0.29, 0.717) is 18.2 Å². The predicted octanol–water partition coefficient (Wildman–Crippen LogP) is 2.98. The van der Waals surface area contributed by atoms with Gasteiger partial charge in [0.05, 0.1) is 18.2 Å². The first kappa shape index (κ1) is 15.9. The maximum Gasteiger partial charge on any atom is 0.191 e. The van der Waals surface area contributed by atoms with Crippen molar-refractivity contribution < 1.29 is 4.74 Å². The van der Waals surface area contributed by atoms with Gasteiger partial charge in [0.15, 0.2) is 5.96 Å². The van der Waals surface area contributed by atoms with Crippen LogP contribution in [-0.4, -0.2) is 37.8 Å². The number of hydrogen-bond acceptors (Lipinski definition) is 2. The van der Waals surface area contributed by atoms with E-state index in [0.717, 1.165) is 18.9 Å². The highest BCUT2D eigenvalue weighted by Crippen LogP contribution is 2.40. The quantitative estimate of drug-likeness (QED) is 0.660. The molecule has 0 spiro atoms. The summed E-state index contributed by atoms with van der Waals surface area (Å²) >= 11 is 0. The summed E-state index contributed by atoms with van der Waals surface area (Å²) in [6.07, 6.45) is 9.55. The summed E-state index contributed by atoms with van der Waals surface area (Å²) in [6.45, 7) is 0.957. The zero-order valence-electron chi connectivity index (χ0n) is 14.6. The SMILES string of the molecule is CN=C(NCC1(c2ccccc2)CCCC1)NC1CC2CCC1O2. The van der Waals surface area contributed by atoms with Gasteiger partial charge in [-0.15, -0.1) is 0 Å². The topological polar surface area (TPSA) is 45.7 Å². The third-order valence-electron chi connectivity index (χ3n) is 6.19. The van der Waals surface area contributed by atoms with E-state index >= 15 is 0 Å². The van der Waals surface area contributed by atoms with Gasteiger partial charge in [0.1, 0.15) is 0 Å². The first-order chi connectivity index (χ1) is 11.8. The summed E-state index contributed by atoms with van der Waals surface area (Å²) in [5.41, 5.74) is 1.72. The van der Waals surface area contributed by atoms with Crippen LogP contribution in [0.15, 0.2) is 35.3 Å². The predicted molar refractivity (Wildman–Crippen MR) is 97.4 cm³/mol. The largest absolute Gasteiger partial charge is 0.373 e. The Hall–Kier alpha value is -1.55. The Bertz CT molecular complexity index is 580. The normalized spacial score (nSPS) is 31.4. The fourth-order valence-corrected chi connectivity index (χ4v) is 4.82. The second-order valence-electron chi connectivity index (χ2n) is 7.64. The van der Waals surface area contributed by atoms with Crippen molar-refractivity contribution >= 4 is 5.96 Å². The molecule has 1 aromatic carbocycles. The number of guanidine groups is 1. The minimum atomic E-state index is 0.254. The highest BCUT2D eigenvalue weighted by molar-refractivity contribution is 5.80. The van der Waals surface area contributed by atoms with Crippen molar-refractivity contribution in [3.8, 4) is 0 Å². The summed E-state index contributed by atoms with van der Waals surface area (Å²) < 4.78 is 5.95.